The lowest BCUT2D eigenvalue weighted by Crippen LogP contribution is -2.12. The van der Waals surface area contributed by atoms with Crippen LogP contribution in [0.25, 0.3) is 6.08 Å². The fourth-order valence-electron chi connectivity index (χ4n) is 2.23. The van der Waals surface area contributed by atoms with Gasteiger partial charge in [0.15, 0.2) is 30.5 Å². The molecule has 0 saturated carbocycles. The van der Waals surface area contributed by atoms with Gasteiger partial charge in [0, 0.05) is 11.6 Å². The van der Waals surface area contributed by atoms with Gasteiger partial charge >= 0.3 is 5.97 Å². The van der Waals surface area contributed by atoms with Crippen LogP contribution in [-0.4, -0.2) is 39.2 Å². The molecule has 2 rings (SSSR count). The summed E-state index contributed by atoms with van der Waals surface area (Å²) < 4.78 is 20.4. The van der Waals surface area contributed by atoms with Crippen LogP contribution in [0.3, 0.4) is 0 Å². The number of hydrogen-bond donors (Lipinski definition) is 0. The largest absolute Gasteiger partial charge is 0.497 e. The van der Waals surface area contributed by atoms with Gasteiger partial charge in [0.05, 0.1) is 14.2 Å². The Kier molecular flexibility index (Phi) is 7.61. The zero-order valence-electron chi connectivity index (χ0n) is 15.5. The second-order valence-electron chi connectivity index (χ2n) is 5.45. The number of esters is 1. The Bertz CT molecular complexity index is 896. The molecule has 2 aromatic carbocycles. The highest BCUT2D eigenvalue weighted by Gasteiger charge is 2.09. The van der Waals surface area contributed by atoms with E-state index < -0.39 is 5.97 Å². The van der Waals surface area contributed by atoms with Crippen molar-refractivity contribution >= 4 is 17.8 Å². The number of benzene rings is 2. The quantitative estimate of drug-likeness (QED) is 0.374. The Morgan fingerprint density at radius 3 is 2.43 bits per heavy atom. The average Bonchev–Trinajstić information content (AvgIpc) is 2.74. The van der Waals surface area contributed by atoms with Crippen molar-refractivity contribution in [1.82, 2.24) is 0 Å². The number of hydrogen-bond acceptors (Lipinski definition) is 7. The minimum atomic E-state index is -0.648. The summed E-state index contributed by atoms with van der Waals surface area (Å²) in [4.78, 5) is 23.9. The first-order valence-electron chi connectivity index (χ1n) is 8.27. The van der Waals surface area contributed by atoms with Crippen molar-refractivity contribution in [2.75, 3.05) is 27.4 Å². The predicted molar refractivity (Wildman–Crippen MR) is 101 cm³/mol. The standard InChI is InChI=1S/C21H19NO6/c1-25-17-7-5-16(6-8-17)18(23)14-28-21(24)10-4-15-3-9-19(27-12-11-22)20(13-15)26-2/h3-10,13H,12,14H2,1-2H3. The monoisotopic (exact) mass is 381 g/mol. The summed E-state index contributed by atoms with van der Waals surface area (Å²) >= 11 is 0. The summed E-state index contributed by atoms with van der Waals surface area (Å²) in [7, 11) is 3.01. The lowest BCUT2D eigenvalue weighted by atomic mass is 10.1. The number of carbonyl (C=O) groups is 2. The molecule has 0 radical (unpaired) electrons. The van der Waals surface area contributed by atoms with Crippen LogP contribution >= 0.6 is 0 Å². The molecule has 0 bridgehead atoms. The van der Waals surface area contributed by atoms with Crippen LogP contribution in [0.15, 0.2) is 48.5 Å². The summed E-state index contributed by atoms with van der Waals surface area (Å²) in [5, 5.41) is 8.57. The summed E-state index contributed by atoms with van der Waals surface area (Å²) in [6, 6.07) is 13.4. The second-order valence-corrected chi connectivity index (χ2v) is 5.45. The fourth-order valence-corrected chi connectivity index (χ4v) is 2.23. The van der Waals surface area contributed by atoms with E-state index in [2.05, 4.69) is 0 Å². The van der Waals surface area contributed by atoms with E-state index in [0.717, 1.165) is 0 Å². The lowest BCUT2D eigenvalue weighted by Gasteiger charge is -2.08. The Morgan fingerprint density at radius 1 is 1.04 bits per heavy atom. The van der Waals surface area contributed by atoms with Crippen molar-refractivity contribution < 1.29 is 28.5 Å². The van der Waals surface area contributed by atoms with Gasteiger partial charge in [-0.3, -0.25) is 4.79 Å². The molecule has 0 saturated heterocycles. The van der Waals surface area contributed by atoms with Gasteiger partial charge in [-0.15, -0.1) is 0 Å². The molecule has 0 aliphatic heterocycles. The molecule has 144 valence electrons. The molecule has 0 spiro atoms. The van der Waals surface area contributed by atoms with Crippen molar-refractivity contribution in [3.8, 4) is 23.3 Å². The first-order valence-corrected chi connectivity index (χ1v) is 8.27. The van der Waals surface area contributed by atoms with E-state index >= 15 is 0 Å². The SMILES string of the molecule is COc1ccc(C(=O)COC(=O)C=Cc2ccc(OCC#N)c(OC)c2)cc1. The molecular formula is C21H19NO6. The van der Waals surface area contributed by atoms with E-state index in [-0.39, 0.29) is 19.0 Å². The third-order valence-corrected chi connectivity index (χ3v) is 3.65. The van der Waals surface area contributed by atoms with Crippen LogP contribution in [0.1, 0.15) is 15.9 Å². The van der Waals surface area contributed by atoms with Crippen molar-refractivity contribution in [3.63, 3.8) is 0 Å². The Labute approximate surface area is 162 Å². The normalized spacial score (nSPS) is 10.2. The van der Waals surface area contributed by atoms with Crippen LogP contribution in [0.4, 0.5) is 0 Å². The molecule has 0 N–H and O–H groups in total. The molecule has 0 aromatic heterocycles. The number of ketones is 1. The maximum Gasteiger partial charge on any atom is 0.331 e. The van der Waals surface area contributed by atoms with Gasteiger partial charge < -0.3 is 18.9 Å². The lowest BCUT2D eigenvalue weighted by molar-refractivity contribution is -0.136. The number of rotatable bonds is 9. The van der Waals surface area contributed by atoms with E-state index in [0.29, 0.717) is 28.4 Å². The van der Waals surface area contributed by atoms with Crippen molar-refractivity contribution in [3.05, 3.63) is 59.7 Å². The number of nitrogens with zero attached hydrogens (tertiary/aromatic N) is 1. The third-order valence-electron chi connectivity index (χ3n) is 3.65. The molecule has 0 unspecified atom stereocenters. The van der Waals surface area contributed by atoms with E-state index in [9.17, 15) is 9.59 Å². The van der Waals surface area contributed by atoms with Crippen molar-refractivity contribution in [1.29, 1.82) is 5.26 Å². The van der Waals surface area contributed by atoms with Crippen LogP contribution in [-0.2, 0) is 9.53 Å². The summed E-state index contributed by atoms with van der Waals surface area (Å²) in [5.41, 5.74) is 1.09. The van der Waals surface area contributed by atoms with Crippen LogP contribution in [0.2, 0.25) is 0 Å². The Balaban J connectivity index is 1.92. The van der Waals surface area contributed by atoms with Gasteiger partial charge in [0.25, 0.3) is 0 Å². The number of Topliss-reactive ketones (excluding diaryl/α,β-unsaturated/α-hetero) is 1. The highest BCUT2D eigenvalue weighted by molar-refractivity contribution is 5.99. The van der Waals surface area contributed by atoms with Gasteiger partial charge in [0.2, 0.25) is 0 Å². The molecule has 28 heavy (non-hydrogen) atoms. The topological polar surface area (TPSA) is 94.9 Å². The van der Waals surface area contributed by atoms with Gasteiger partial charge in [-0.25, -0.2) is 4.79 Å². The van der Waals surface area contributed by atoms with Crippen molar-refractivity contribution in [2.24, 2.45) is 0 Å². The maximum absolute atomic E-state index is 12.0. The molecule has 0 heterocycles. The molecule has 7 heteroatoms. The second kappa shape index (κ2) is 10.4. The predicted octanol–water partition coefficient (Wildman–Crippen LogP) is 3.05. The van der Waals surface area contributed by atoms with Crippen LogP contribution in [0, 0.1) is 11.3 Å². The third kappa shape index (κ3) is 5.88. The molecule has 0 amide bonds. The average molecular weight is 381 g/mol. The molecule has 0 aliphatic rings. The molecular weight excluding hydrogens is 362 g/mol. The summed E-state index contributed by atoms with van der Waals surface area (Å²) in [5.74, 6) is 0.529. The zero-order valence-corrected chi connectivity index (χ0v) is 15.5. The van der Waals surface area contributed by atoms with Crippen LogP contribution < -0.4 is 14.2 Å². The van der Waals surface area contributed by atoms with Crippen LogP contribution in [0.5, 0.6) is 17.2 Å². The fraction of sp³-hybridized carbons (Fsp3) is 0.190. The number of methoxy groups -OCH3 is 2. The minimum absolute atomic E-state index is 0.0971. The van der Waals surface area contributed by atoms with E-state index in [1.165, 1.54) is 26.4 Å². The highest BCUT2D eigenvalue weighted by Crippen LogP contribution is 2.28. The van der Waals surface area contributed by atoms with E-state index in [4.69, 9.17) is 24.2 Å². The number of nitriles is 1. The highest BCUT2D eigenvalue weighted by atomic mass is 16.5. The van der Waals surface area contributed by atoms with Gasteiger partial charge in [-0.2, -0.15) is 5.26 Å². The molecule has 2 aromatic rings. The maximum atomic E-state index is 12.0. The number of carbonyl (C=O) groups excluding carboxylic acids is 2. The first kappa shape index (κ1) is 20.5. The summed E-state index contributed by atoms with van der Waals surface area (Å²) in [6.07, 6.45) is 2.74. The van der Waals surface area contributed by atoms with E-state index in [1.807, 2.05) is 6.07 Å². The van der Waals surface area contributed by atoms with Gasteiger partial charge in [0.1, 0.15) is 11.8 Å². The van der Waals surface area contributed by atoms with Gasteiger partial charge in [-0.05, 0) is 48.0 Å². The zero-order chi connectivity index (χ0) is 20.4. The molecule has 0 atom stereocenters. The first-order chi connectivity index (χ1) is 13.6. The Hall–Kier alpha value is -3.79. The van der Waals surface area contributed by atoms with E-state index in [1.54, 1.807) is 42.5 Å². The molecule has 0 aliphatic carbocycles. The molecule has 0 fully saturated rings. The smallest absolute Gasteiger partial charge is 0.331 e. The summed E-state index contributed by atoms with van der Waals surface area (Å²) in [6.45, 7) is -0.458. The Morgan fingerprint density at radius 2 is 1.79 bits per heavy atom. The number of ether oxygens (including phenoxy) is 4. The molecule has 7 nitrogen and oxygen atoms in total. The van der Waals surface area contributed by atoms with Crippen molar-refractivity contribution in [2.45, 2.75) is 0 Å². The minimum Gasteiger partial charge on any atom is -0.497 e. The van der Waals surface area contributed by atoms with Gasteiger partial charge in [-0.1, -0.05) is 6.07 Å².